The molecule has 0 bridgehead atoms. The maximum absolute atomic E-state index is 12.9. The molecule has 62 heavy (non-hydrogen) atoms. The number of rotatable bonds is 49. The zero-order chi connectivity index (χ0) is 45.7. The summed E-state index contributed by atoms with van der Waals surface area (Å²) in [4.78, 5) is 23.1. The molecule has 1 amide bonds. The van der Waals surface area contributed by atoms with Gasteiger partial charge in [-0.15, -0.1) is 0 Å². The summed E-state index contributed by atoms with van der Waals surface area (Å²) in [6.45, 7) is 4.81. The third kappa shape index (κ3) is 47.0. The van der Waals surface area contributed by atoms with Crippen molar-refractivity contribution < 1.29 is 32.9 Å². The lowest BCUT2D eigenvalue weighted by Gasteiger charge is -2.25. The predicted molar refractivity (Wildman–Crippen MR) is 268 cm³/mol. The van der Waals surface area contributed by atoms with Crippen molar-refractivity contribution in [2.24, 2.45) is 0 Å². The van der Waals surface area contributed by atoms with Crippen molar-refractivity contribution in [2.45, 2.75) is 270 Å². The second kappa shape index (κ2) is 45.1. The molecule has 0 heterocycles. The third-order valence-electron chi connectivity index (χ3n) is 12.2. The first-order valence-electron chi connectivity index (χ1n) is 26.7. The Bertz CT molecular complexity index is 1060. The van der Waals surface area contributed by atoms with E-state index in [-0.39, 0.29) is 19.1 Å². The SMILES string of the molecule is CCCCCCCCCCCCCCCCCCCCCCCCC/C=C/CC/C=C/C(O)C(COP(=O)(O)OCC[N+](C)(C)C)NC(=O)CCCCCCCCCCCCC. The van der Waals surface area contributed by atoms with Crippen LogP contribution in [0.4, 0.5) is 0 Å². The van der Waals surface area contributed by atoms with Crippen LogP contribution in [0.5, 0.6) is 0 Å². The Labute approximate surface area is 385 Å². The zero-order valence-corrected chi connectivity index (χ0v) is 42.8. The van der Waals surface area contributed by atoms with Crippen LogP contribution in [0.1, 0.15) is 258 Å². The van der Waals surface area contributed by atoms with Crippen LogP contribution in [0.25, 0.3) is 0 Å². The summed E-state index contributed by atoms with van der Waals surface area (Å²) in [5, 5.41) is 13.8. The van der Waals surface area contributed by atoms with Gasteiger partial charge in [0.05, 0.1) is 39.9 Å². The fourth-order valence-corrected chi connectivity index (χ4v) is 8.68. The van der Waals surface area contributed by atoms with Crippen molar-refractivity contribution in [1.29, 1.82) is 0 Å². The Hall–Kier alpha value is -1.02. The smallest absolute Gasteiger partial charge is 0.387 e. The molecule has 0 aromatic rings. The van der Waals surface area contributed by atoms with Gasteiger partial charge in [0.25, 0.3) is 0 Å². The van der Waals surface area contributed by atoms with Gasteiger partial charge in [-0.2, -0.15) is 0 Å². The average Bonchev–Trinajstić information content (AvgIpc) is 3.23. The highest BCUT2D eigenvalue weighted by Crippen LogP contribution is 2.43. The van der Waals surface area contributed by atoms with Crippen molar-refractivity contribution in [3.8, 4) is 0 Å². The maximum Gasteiger partial charge on any atom is 0.472 e. The standard InChI is InChI=1S/C53H105N2O6P/c1-6-8-10-12-14-16-18-19-20-21-22-23-24-25-26-27-28-29-30-31-32-33-34-35-37-38-40-42-44-46-52(56)51(50-61-62(58,59)60-49-48-55(3,4)5)54-53(57)47-45-43-41-39-36-17-15-13-11-9-7-2/h37-38,44,46,51-52,56H,6-36,39-43,45,47-50H2,1-5H3,(H-,54,57,58,59)/p+1/b38-37+,46-44+. The van der Waals surface area contributed by atoms with Crippen molar-refractivity contribution in [3.63, 3.8) is 0 Å². The molecule has 0 aromatic carbocycles. The van der Waals surface area contributed by atoms with E-state index in [1.807, 2.05) is 27.2 Å². The maximum atomic E-state index is 12.9. The molecule has 0 fully saturated rings. The summed E-state index contributed by atoms with van der Waals surface area (Å²) in [6.07, 6.45) is 55.8. The third-order valence-corrected chi connectivity index (χ3v) is 13.2. The van der Waals surface area contributed by atoms with Crippen molar-refractivity contribution in [3.05, 3.63) is 24.3 Å². The van der Waals surface area contributed by atoms with E-state index in [9.17, 15) is 19.4 Å². The van der Waals surface area contributed by atoms with E-state index in [1.165, 1.54) is 199 Å². The topological polar surface area (TPSA) is 105 Å². The van der Waals surface area contributed by atoms with E-state index in [2.05, 4.69) is 31.3 Å². The number of phosphoric acid groups is 1. The number of carbonyl (C=O) groups excluding carboxylic acids is 1. The van der Waals surface area contributed by atoms with Gasteiger partial charge in [0.15, 0.2) is 0 Å². The summed E-state index contributed by atoms with van der Waals surface area (Å²) in [5.41, 5.74) is 0. The largest absolute Gasteiger partial charge is 0.472 e. The van der Waals surface area contributed by atoms with E-state index in [0.717, 1.165) is 38.5 Å². The number of quaternary nitrogens is 1. The molecule has 9 heteroatoms. The Morgan fingerprint density at radius 3 is 1.29 bits per heavy atom. The van der Waals surface area contributed by atoms with Crippen LogP contribution in [-0.4, -0.2) is 73.4 Å². The molecule has 3 unspecified atom stereocenters. The van der Waals surface area contributed by atoms with E-state index in [4.69, 9.17) is 9.05 Å². The number of aliphatic hydroxyl groups is 1. The number of unbranched alkanes of at least 4 members (excludes halogenated alkanes) is 34. The van der Waals surface area contributed by atoms with Gasteiger partial charge in [-0.1, -0.05) is 244 Å². The molecule has 0 spiro atoms. The van der Waals surface area contributed by atoms with Gasteiger partial charge in [-0.25, -0.2) is 4.57 Å². The second-order valence-electron chi connectivity index (χ2n) is 19.6. The van der Waals surface area contributed by atoms with Gasteiger partial charge in [0.2, 0.25) is 5.91 Å². The number of nitrogens with zero attached hydrogens (tertiary/aromatic N) is 1. The Balaban J connectivity index is 4.14. The number of allylic oxidation sites excluding steroid dienone is 3. The average molecular weight is 898 g/mol. The summed E-state index contributed by atoms with van der Waals surface area (Å²) in [5.74, 6) is -0.186. The van der Waals surface area contributed by atoms with Crippen molar-refractivity contribution in [2.75, 3.05) is 40.9 Å². The molecular formula is C53H106N2O6P+. The Morgan fingerprint density at radius 2 is 0.887 bits per heavy atom. The van der Waals surface area contributed by atoms with E-state index >= 15 is 0 Å². The van der Waals surface area contributed by atoms with Gasteiger partial charge >= 0.3 is 7.82 Å². The number of carbonyl (C=O) groups is 1. The number of phosphoric ester groups is 1. The van der Waals surface area contributed by atoms with Crippen molar-refractivity contribution >= 4 is 13.7 Å². The molecule has 0 aromatic heterocycles. The highest BCUT2D eigenvalue weighted by atomic mass is 31.2. The molecule has 368 valence electrons. The Kier molecular flexibility index (Phi) is 44.4. The summed E-state index contributed by atoms with van der Waals surface area (Å²) in [7, 11) is 1.56. The first-order valence-corrected chi connectivity index (χ1v) is 28.2. The van der Waals surface area contributed by atoms with Gasteiger partial charge < -0.3 is 19.8 Å². The number of hydrogen-bond donors (Lipinski definition) is 3. The zero-order valence-electron chi connectivity index (χ0n) is 41.9. The molecular weight excluding hydrogens is 792 g/mol. The summed E-state index contributed by atoms with van der Waals surface area (Å²) >= 11 is 0. The molecule has 0 saturated heterocycles. The van der Waals surface area contributed by atoms with Crippen LogP contribution >= 0.6 is 7.82 Å². The van der Waals surface area contributed by atoms with Crippen molar-refractivity contribution in [1.82, 2.24) is 5.32 Å². The second-order valence-corrected chi connectivity index (χ2v) is 21.1. The molecule has 0 aliphatic heterocycles. The number of hydrogen-bond acceptors (Lipinski definition) is 5. The molecule has 0 radical (unpaired) electrons. The van der Waals surface area contributed by atoms with Crippen LogP contribution in [0.15, 0.2) is 24.3 Å². The Morgan fingerprint density at radius 1 is 0.532 bits per heavy atom. The quantitative estimate of drug-likeness (QED) is 0.0243. The van der Waals surface area contributed by atoms with Crippen LogP contribution in [0.3, 0.4) is 0 Å². The van der Waals surface area contributed by atoms with E-state index in [0.29, 0.717) is 17.4 Å². The molecule has 0 aliphatic rings. The first-order chi connectivity index (χ1) is 30.0. The lowest BCUT2D eigenvalue weighted by atomic mass is 10.0. The minimum atomic E-state index is -4.34. The summed E-state index contributed by atoms with van der Waals surface area (Å²) in [6, 6.07) is -0.858. The van der Waals surface area contributed by atoms with Crippen LogP contribution in [0, 0.1) is 0 Å². The van der Waals surface area contributed by atoms with E-state index in [1.54, 1.807) is 6.08 Å². The highest BCUT2D eigenvalue weighted by molar-refractivity contribution is 7.47. The molecule has 3 atom stereocenters. The highest BCUT2D eigenvalue weighted by Gasteiger charge is 2.27. The number of aliphatic hydroxyl groups excluding tert-OH is 1. The monoisotopic (exact) mass is 898 g/mol. The molecule has 8 nitrogen and oxygen atoms in total. The fraction of sp³-hybridized carbons (Fsp3) is 0.906. The number of likely N-dealkylation sites (N-methyl/N-ethyl adjacent to an activating group) is 1. The minimum absolute atomic E-state index is 0.0583. The number of amides is 1. The van der Waals surface area contributed by atoms with Gasteiger partial charge in [0, 0.05) is 6.42 Å². The molecule has 0 aliphatic carbocycles. The predicted octanol–water partition coefficient (Wildman–Crippen LogP) is 15.6. The first kappa shape index (κ1) is 61.0. The minimum Gasteiger partial charge on any atom is -0.387 e. The molecule has 3 N–H and O–H groups in total. The lowest BCUT2D eigenvalue weighted by Crippen LogP contribution is -2.45. The van der Waals surface area contributed by atoms with Gasteiger partial charge in [-0.05, 0) is 32.1 Å². The van der Waals surface area contributed by atoms with Crippen LogP contribution in [-0.2, 0) is 18.4 Å². The number of nitrogens with one attached hydrogen (secondary N) is 1. The normalized spacial score (nSPS) is 14.2. The van der Waals surface area contributed by atoms with Crippen LogP contribution in [0.2, 0.25) is 0 Å². The molecule has 0 rings (SSSR count). The van der Waals surface area contributed by atoms with Gasteiger partial charge in [-0.3, -0.25) is 13.8 Å². The molecule has 0 saturated carbocycles. The lowest BCUT2D eigenvalue weighted by molar-refractivity contribution is -0.870. The fourth-order valence-electron chi connectivity index (χ4n) is 7.94. The van der Waals surface area contributed by atoms with Crippen LogP contribution < -0.4 is 5.32 Å². The van der Waals surface area contributed by atoms with Gasteiger partial charge in [0.1, 0.15) is 13.2 Å². The summed E-state index contributed by atoms with van der Waals surface area (Å²) < 4.78 is 23.6. The van der Waals surface area contributed by atoms with E-state index < -0.39 is 20.0 Å².